The van der Waals surface area contributed by atoms with E-state index in [4.69, 9.17) is 5.11 Å². The molecule has 0 spiro atoms. The summed E-state index contributed by atoms with van der Waals surface area (Å²) in [5.41, 5.74) is 2.79. The summed E-state index contributed by atoms with van der Waals surface area (Å²) in [5, 5.41) is 16.6. The van der Waals surface area contributed by atoms with E-state index in [1.54, 1.807) is 16.8 Å². The van der Waals surface area contributed by atoms with Crippen LogP contribution >= 0.6 is 11.3 Å². The number of thiazole rings is 1. The van der Waals surface area contributed by atoms with Crippen molar-refractivity contribution >= 4 is 17.4 Å². The summed E-state index contributed by atoms with van der Waals surface area (Å²) in [6, 6.07) is -0.139. The standard InChI is InChI=1S/C12H17N3O2S/c16-6-9-1-2-10(5-9)15-12(17)13-4-3-11-7-18-8-14-11/h1-2,7-10,16H,3-6H2,(H2,13,15,17)/t9-,10+/m0/s1. The summed E-state index contributed by atoms with van der Waals surface area (Å²) in [7, 11) is 0. The van der Waals surface area contributed by atoms with E-state index in [1.807, 2.05) is 17.5 Å². The van der Waals surface area contributed by atoms with E-state index < -0.39 is 0 Å². The second kappa shape index (κ2) is 6.51. The summed E-state index contributed by atoms with van der Waals surface area (Å²) in [6.07, 6.45) is 5.40. The molecule has 1 aromatic heterocycles. The highest BCUT2D eigenvalue weighted by atomic mass is 32.1. The van der Waals surface area contributed by atoms with Gasteiger partial charge in [-0.05, 0) is 6.42 Å². The van der Waals surface area contributed by atoms with Crippen LogP contribution in [0, 0.1) is 5.92 Å². The molecule has 3 N–H and O–H groups in total. The number of aromatic nitrogens is 1. The van der Waals surface area contributed by atoms with Crippen molar-refractivity contribution < 1.29 is 9.90 Å². The molecule has 0 bridgehead atoms. The number of rotatable bonds is 5. The molecule has 0 aromatic carbocycles. The minimum atomic E-state index is -0.168. The molecule has 0 saturated heterocycles. The summed E-state index contributed by atoms with van der Waals surface area (Å²) in [4.78, 5) is 15.7. The average molecular weight is 267 g/mol. The van der Waals surface area contributed by atoms with Gasteiger partial charge in [-0.3, -0.25) is 0 Å². The molecule has 98 valence electrons. The highest BCUT2D eigenvalue weighted by Crippen LogP contribution is 2.16. The van der Waals surface area contributed by atoms with Crippen LogP contribution in [0.2, 0.25) is 0 Å². The topological polar surface area (TPSA) is 74.2 Å². The largest absolute Gasteiger partial charge is 0.396 e. The number of nitrogens with one attached hydrogen (secondary N) is 2. The van der Waals surface area contributed by atoms with Crippen LogP contribution in [0.3, 0.4) is 0 Å². The Hall–Kier alpha value is -1.40. The Kier molecular flexibility index (Phi) is 4.72. The molecule has 5 nitrogen and oxygen atoms in total. The predicted octanol–water partition coefficient (Wildman–Crippen LogP) is 0.922. The molecular weight excluding hydrogens is 250 g/mol. The Balaban J connectivity index is 1.62. The van der Waals surface area contributed by atoms with E-state index in [2.05, 4.69) is 15.6 Å². The SMILES string of the molecule is O=C(NCCc1cscn1)N[C@@H]1C=C[C@H](CO)C1. The zero-order chi connectivity index (χ0) is 12.8. The number of aliphatic hydroxyl groups excluding tert-OH is 1. The van der Waals surface area contributed by atoms with Crippen LogP contribution in [0.15, 0.2) is 23.0 Å². The maximum Gasteiger partial charge on any atom is 0.315 e. The lowest BCUT2D eigenvalue weighted by molar-refractivity contribution is 0.231. The van der Waals surface area contributed by atoms with E-state index in [0.717, 1.165) is 18.5 Å². The van der Waals surface area contributed by atoms with Crippen molar-refractivity contribution in [3.05, 3.63) is 28.7 Å². The van der Waals surface area contributed by atoms with E-state index in [-0.39, 0.29) is 24.6 Å². The van der Waals surface area contributed by atoms with Crippen LogP contribution in [-0.4, -0.2) is 35.3 Å². The molecule has 0 saturated carbocycles. The summed E-state index contributed by atoms with van der Waals surface area (Å²) >= 11 is 1.56. The molecule has 0 fully saturated rings. The number of carbonyl (C=O) groups is 1. The van der Waals surface area contributed by atoms with E-state index in [9.17, 15) is 4.79 Å². The molecule has 18 heavy (non-hydrogen) atoms. The molecule has 2 atom stereocenters. The number of aliphatic hydroxyl groups is 1. The highest BCUT2D eigenvalue weighted by Gasteiger charge is 2.19. The van der Waals surface area contributed by atoms with Crippen LogP contribution in [-0.2, 0) is 6.42 Å². The molecule has 2 amide bonds. The quantitative estimate of drug-likeness (QED) is 0.695. The molecule has 6 heteroatoms. The van der Waals surface area contributed by atoms with Crippen molar-refractivity contribution in [2.75, 3.05) is 13.2 Å². The van der Waals surface area contributed by atoms with Gasteiger partial charge in [0.15, 0.2) is 0 Å². The van der Waals surface area contributed by atoms with Gasteiger partial charge in [0, 0.05) is 36.9 Å². The minimum absolute atomic E-state index is 0.0291. The number of urea groups is 1. The maximum atomic E-state index is 11.6. The zero-order valence-corrected chi connectivity index (χ0v) is 10.8. The summed E-state index contributed by atoms with van der Waals surface area (Å²) in [5.74, 6) is 0.172. The van der Waals surface area contributed by atoms with E-state index in [0.29, 0.717) is 6.54 Å². The first-order chi connectivity index (χ1) is 8.78. The first-order valence-corrected chi connectivity index (χ1v) is 6.93. The Labute approximate surface area is 110 Å². The van der Waals surface area contributed by atoms with Crippen LogP contribution in [0.25, 0.3) is 0 Å². The molecular formula is C12H17N3O2S. The second-order valence-corrected chi connectivity index (χ2v) is 5.02. The Morgan fingerprint density at radius 2 is 2.44 bits per heavy atom. The molecule has 1 aromatic rings. The average Bonchev–Trinajstić information content (AvgIpc) is 3.00. The highest BCUT2D eigenvalue weighted by molar-refractivity contribution is 7.07. The van der Waals surface area contributed by atoms with Gasteiger partial charge in [0.2, 0.25) is 0 Å². The molecule has 0 radical (unpaired) electrons. The zero-order valence-electron chi connectivity index (χ0n) is 10.0. The van der Waals surface area contributed by atoms with Gasteiger partial charge in [-0.25, -0.2) is 9.78 Å². The smallest absolute Gasteiger partial charge is 0.315 e. The third kappa shape index (κ3) is 3.82. The van der Waals surface area contributed by atoms with Crippen molar-refractivity contribution in [1.29, 1.82) is 0 Å². The van der Waals surface area contributed by atoms with Gasteiger partial charge < -0.3 is 15.7 Å². The molecule has 0 unspecified atom stereocenters. The normalized spacial score (nSPS) is 22.1. The second-order valence-electron chi connectivity index (χ2n) is 4.30. The van der Waals surface area contributed by atoms with Crippen molar-refractivity contribution in [2.24, 2.45) is 5.92 Å². The van der Waals surface area contributed by atoms with Crippen LogP contribution in [0.5, 0.6) is 0 Å². The monoisotopic (exact) mass is 267 g/mol. The summed E-state index contributed by atoms with van der Waals surface area (Å²) in [6.45, 7) is 0.718. The maximum absolute atomic E-state index is 11.6. The first kappa shape index (κ1) is 13.0. The van der Waals surface area contributed by atoms with Gasteiger partial charge >= 0.3 is 6.03 Å². The van der Waals surface area contributed by atoms with E-state index in [1.165, 1.54) is 0 Å². The van der Waals surface area contributed by atoms with Crippen molar-refractivity contribution in [3.8, 4) is 0 Å². The Bertz CT molecular complexity index is 405. The number of hydrogen-bond acceptors (Lipinski definition) is 4. The Morgan fingerprint density at radius 3 is 3.11 bits per heavy atom. The van der Waals surface area contributed by atoms with Gasteiger partial charge in [-0.15, -0.1) is 11.3 Å². The fourth-order valence-electron chi connectivity index (χ4n) is 1.90. The number of amides is 2. The van der Waals surface area contributed by atoms with Crippen molar-refractivity contribution in [2.45, 2.75) is 18.9 Å². The lowest BCUT2D eigenvalue weighted by atomic mass is 10.1. The first-order valence-electron chi connectivity index (χ1n) is 5.98. The van der Waals surface area contributed by atoms with Crippen LogP contribution < -0.4 is 10.6 Å². The van der Waals surface area contributed by atoms with Gasteiger partial charge in [0.25, 0.3) is 0 Å². The molecule has 1 aliphatic carbocycles. The third-order valence-corrected chi connectivity index (χ3v) is 3.51. The Morgan fingerprint density at radius 1 is 1.56 bits per heavy atom. The van der Waals surface area contributed by atoms with Gasteiger partial charge in [-0.2, -0.15) is 0 Å². The van der Waals surface area contributed by atoms with Gasteiger partial charge in [0.05, 0.1) is 11.2 Å². The molecule has 2 rings (SSSR count). The predicted molar refractivity (Wildman–Crippen MR) is 70.5 cm³/mol. The molecule has 0 aliphatic heterocycles. The summed E-state index contributed by atoms with van der Waals surface area (Å²) < 4.78 is 0. The number of nitrogens with zero attached hydrogens (tertiary/aromatic N) is 1. The van der Waals surface area contributed by atoms with Gasteiger partial charge in [0.1, 0.15) is 0 Å². The van der Waals surface area contributed by atoms with Crippen LogP contribution in [0.1, 0.15) is 12.1 Å². The van der Waals surface area contributed by atoms with E-state index >= 15 is 0 Å². The number of hydrogen-bond donors (Lipinski definition) is 3. The minimum Gasteiger partial charge on any atom is -0.396 e. The molecule has 1 aliphatic rings. The van der Waals surface area contributed by atoms with Gasteiger partial charge in [-0.1, -0.05) is 12.2 Å². The third-order valence-electron chi connectivity index (χ3n) is 2.87. The van der Waals surface area contributed by atoms with Crippen molar-refractivity contribution in [1.82, 2.24) is 15.6 Å². The lowest BCUT2D eigenvalue weighted by Gasteiger charge is -2.13. The van der Waals surface area contributed by atoms with Crippen molar-refractivity contribution in [3.63, 3.8) is 0 Å². The lowest BCUT2D eigenvalue weighted by Crippen LogP contribution is -2.41. The number of carbonyl (C=O) groups excluding carboxylic acids is 1. The fourth-order valence-corrected chi connectivity index (χ4v) is 2.49. The molecule has 1 heterocycles. The van der Waals surface area contributed by atoms with Crippen LogP contribution in [0.4, 0.5) is 4.79 Å². The fraction of sp³-hybridized carbons (Fsp3) is 0.500.